The molecule has 5 rings (SSSR count). The molecule has 2 aliphatic carbocycles. The van der Waals surface area contributed by atoms with Crippen molar-refractivity contribution in [2.75, 3.05) is 13.2 Å². The van der Waals surface area contributed by atoms with Crippen LogP contribution in [0.15, 0.2) is 69.3 Å². The molecule has 234 valence electrons. The highest BCUT2D eigenvalue weighted by Crippen LogP contribution is 2.49. The van der Waals surface area contributed by atoms with Crippen molar-refractivity contribution in [2.45, 2.75) is 92.9 Å². The van der Waals surface area contributed by atoms with Gasteiger partial charge in [0.25, 0.3) is 0 Å². The summed E-state index contributed by atoms with van der Waals surface area (Å²) < 4.78 is 10.9. The molecule has 44 heavy (non-hydrogen) atoms. The van der Waals surface area contributed by atoms with Gasteiger partial charge in [-0.3, -0.25) is 9.59 Å². The standard InChI is InChI=1S/C36H44N2O6/c1-9-43-33(41)27-19(3)37-23-15-35(5,6)17-25(39)31(23)29(27)21-11-13-22(14-12-21)30-28(34(42)44-10-2)20(4)38-24-16-36(7,8)18-26(40)32(24)30/h11-14,29-30,37-38H,9-10,15-18H2,1-8H3. The van der Waals surface area contributed by atoms with Crippen molar-refractivity contribution in [3.63, 3.8) is 0 Å². The number of esters is 2. The second-order valence-corrected chi connectivity index (χ2v) is 14.0. The van der Waals surface area contributed by atoms with Crippen molar-refractivity contribution in [2.24, 2.45) is 10.8 Å². The van der Waals surface area contributed by atoms with Crippen molar-refractivity contribution in [3.8, 4) is 0 Å². The molecule has 2 atom stereocenters. The molecule has 8 heteroatoms. The zero-order chi connectivity index (χ0) is 32.1. The average Bonchev–Trinajstić information content (AvgIpc) is 2.90. The second-order valence-electron chi connectivity index (χ2n) is 14.0. The number of rotatable bonds is 6. The summed E-state index contributed by atoms with van der Waals surface area (Å²) in [6, 6.07) is 7.64. The zero-order valence-corrected chi connectivity index (χ0v) is 27.2. The predicted molar refractivity (Wildman–Crippen MR) is 167 cm³/mol. The van der Waals surface area contributed by atoms with E-state index >= 15 is 0 Å². The van der Waals surface area contributed by atoms with Crippen LogP contribution in [0.5, 0.6) is 0 Å². The highest BCUT2D eigenvalue weighted by atomic mass is 16.5. The maximum atomic E-state index is 13.7. The SMILES string of the molecule is CCOC(=O)C1=C(C)NC2=C(C(=O)CC(C)(C)C2)C1c1ccc(C2C(C(=O)OCC)=C(C)NC3=C2C(=O)CC(C)(C)C3)cc1. The van der Waals surface area contributed by atoms with Crippen molar-refractivity contribution < 1.29 is 28.7 Å². The van der Waals surface area contributed by atoms with E-state index in [9.17, 15) is 19.2 Å². The molecule has 0 saturated heterocycles. The Kier molecular flexibility index (Phi) is 8.25. The van der Waals surface area contributed by atoms with Gasteiger partial charge in [-0.05, 0) is 62.5 Å². The van der Waals surface area contributed by atoms with Gasteiger partial charge in [0.1, 0.15) is 0 Å². The first kappa shape index (κ1) is 31.5. The zero-order valence-electron chi connectivity index (χ0n) is 27.2. The Balaban J connectivity index is 1.63. The summed E-state index contributed by atoms with van der Waals surface area (Å²) in [4.78, 5) is 53.9. The Morgan fingerprint density at radius 1 is 0.682 bits per heavy atom. The molecule has 1 aromatic rings. The van der Waals surface area contributed by atoms with Gasteiger partial charge < -0.3 is 20.1 Å². The molecule has 0 saturated carbocycles. The maximum absolute atomic E-state index is 13.7. The molecular formula is C36H44N2O6. The normalized spacial score (nSPS) is 24.4. The number of hydrogen-bond acceptors (Lipinski definition) is 8. The molecule has 0 aromatic heterocycles. The Morgan fingerprint density at radius 2 is 1.02 bits per heavy atom. The Morgan fingerprint density at radius 3 is 1.34 bits per heavy atom. The minimum absolute atomic E-state index is 0.0128. The van der Waals surface area contributed by atoms with Gasteiger partial charge in [-0.2, -0.15) is 0 Å². The van der Waals surface area contributed by atoms with E-state index in [0.717, 1.165) is 22.5 Å². The lowest BCUT2D eigenvalue weighted by molar-refractivity contribution is -0.139. The third-order valence-electron chi connectivity index (χ3n) is 9.07. The lowest BCUT2D eigenvalue weighted by Crippen LogP contribution is -2.39. The van der Waals surface area contributed by atoms with Gasteiger partial charge in [-0.1, -0.05) is 52.0 Å². The monoisotopic (exact) mass is 600 g/mol. The van der Waals surface area contributed by atoms with E-state index in [1.165, 1.54) is 0 Å². The Hall–Kier alpha value is -3.94. The lowest BCUT2D eigenvalue weighted by Gasteiger charge is -2.40. The fraction of sp³-hybridized carbons (Fsp3) is 0.500. The molecule has 2 unspecified atom stereocenters. The van der Waals surface area contributed by atoms with Gasteiger partial charge in [-0.15, -0.1) is 0 Å². The molecule has 0 amide bonds. The van der Waals surface area contributed by atoms with Crippen LogP contribution in [0.4, 0.5) is 0 Å². The van der Waals surface area contributed by atoms with Crippen LogP contribution in [0.3, 0.4) is 0 Å². The third-order valence-corrected chi connectivity index (χ3v) is 9.07. The minimum Gasteiger partial charge on any atom is -0.463 e. The largest absolute Gasteiger partial charge is 0.463 e. The summed E-state index contributed by atoms with van der Waals surface area (Å²) in [5, 5.41) is 6.73. The van der Waals surface area contributed by atoms with Gasteiger partial charge in [0.15, 0.2) is 11.6 Å². The molecule has 0 bridgehead atoms. The van der Waals surface area contributed by atoms with Crippen molar-refractivity contribution >= 4 is 23.5 Å². The van der Waals surface area contributed by atoms with Crippen LogP contribution in [0, 0.1) is 10.8 Å². The second kappa shape index (κ2) is 11.5. The van der Waals surface area contributed by atoms with Gasteiger partial charge in [-0.25, -0.2) is 9.59 Å². The van der Waals surface area contributed by atoms with Crippen molar-refractivity contribution in [1.82, 2.24) is 10.6 Å². The first-order valence-corrected chi connectivity index (χ1v) is 15.6. The summed E-state index contributed by atoms with van der Waals surface area (Å²) in [6.45, 7) is 16.0. The number of carbonyl (C=O) groups excluding carboxylic acids is 4. The van der Waals surface area contributed by atoms with Gasteiger partial charge in [0.2, 0.25) is 0 Å². The number of ketones is 2. The number of dihydropyridines is 2. The van der Waals surface area contributed by atoms with E-state index in [1.54, 1.807) is 13.8 Å². The van der Waals surface area contributed by atoms with Crippen LogP contribution < -0.4 is 10.6 Å². The minimum atomic E-state index is -0.593. The van der Waals surface area contributed by atoms with Gasteiger partial charge >= 0.3 is 11.9 Å². The molecule has 4 aliphatic rings. The molecule has 8 nitrogen and oxygen atoms in total. The summed E-state index contributed by atoms with van der Waals surface area (Å²) in [5.41, 5.74) is 6.24. The maximum Gasteiger partial charge on any atom is 0.336 e. The molecule has 0 spiro atoms. The molecule has 0 fully saturated rings. The number of Topliss-reactive ketones (excluding diaryl/α,β-unsaturated/α-hetero) is 2. The van der Waals surface area contributed by atoms with Crippen LogP contribution in [-0.4, -0.2) is 36.7 Å². The van der Waals surface area contributed by atoms with E-state index in [0.29, 0.717) is 59.4 Å². The van der Waals surface area contributed by atoms with Crippen LogP contribution in [0.1, 0.15) is 104 Å². The molecular weight excluding hydrogens is 556 g/mol. The van der Waals surface area contributed by atoms with Crippen molar-refractivity contribution in [3.05, 3.63) is 80.5 Å². The summed E-state index contributed by atoms with van der Waals surface area (Å²) >= 11 is 0. The van der Waals surface area contributed by atoms with E-state index in [2.05, 4.69) is 38.3 Å². The highest BCUT2D eigenvalue weighted by Gasteiger charge is 2.45. The average molecular weight is 601 g/mol. The number of carbonyl (C=O) groups is 4. The van der Waals surface area contributed by atoms with Gasteiger partial charge in [0, 0.05) is 58.6 Å². The summed E-state index contributed by atoms with van der Waals surface area (Å²) in [5.74, 6) is -2.07. The number of hydrogen-bond donors (Lipinski definition) is 2. The fourth-order valence-electron chi connectivity index (χ4n) is 7.38. The van der Waals surface area contributed by atoms with Crippen LogP contribution >= 0.6 is 0 Å². The number of benzene rings is 1. The van der Waals surface area contributed by atoms with Crippen LogP contribution in [0.2, 0.25) is 0 Å². The topological polar surface area (TPSA) is 111 Å². The molecule has 2 N–H and O–H groups in total. The molecule has 0 radical (unpaired) electrons. The predicted octanol–water partition coefficient (Wildman–Crippen LogP) is 6.02. The molecule has 2 aliphatic heterocycles. The number of ether oxygens (including phenoxy) is 2. The highest BCUT2D eigenvalue weighted by molar-refractivity contribution is 6.05. The number of nitrogens with one attached hydrogen (secondary N) is 2. The van der Waals surface area contributed by atoms with Crippen LogP contribution in [0.25, 0.3) is 0 Å². The fourth-order valence-corrected chi connectivity index (χ4v) is 7.38. The lowest BCUT2D eigenvalue weighted by atomic mass is 9.67. The smallest absolute Gasteiger partial charge is 0.336 e. The van der Waals surface area contributed by atoms with Crippen LogP contribution in [-0.2, 0) is 28.7 Å². The Labute approximate surface area is 260 Å². The quantitative estimate of drug-likeness (QED) is 0.382. The first-order chi connectivity index (χ1) is 20.7. The third kappa shape index (κ3) is 5.66. The number of allylic oxidation sites excluding steroid dienone is 6. The van der Waals surface area contributed by atoms with E-state index in [4.69, 9.17) is 9.47 Å². The van der Waals surface area contributed by atoms with E-state index in [-0.39, 0.29) is 35.6 Å². The van der Waals surface area contributed by atoms with Gasteiger partial charge in [0.05, 0.1) is 24.4 Å². The molecule has 1 aromatic carbocycles. The van der Waals surface area contributed by atoms with Crippen molar-refractivity contribution in [1.29, 1.82) is 0 Å². The molecule has 2 heterocycles. The Bertz CT molecular complexity index is 1450. The van der Waals surface area contributed by atoms with E-state index in [1.807, 2.05) is 38.1 Å². The summed E-state index contributed by atoms with van der Waals surface area (Å²) in [6.07, 6.45) is 2.14. The summed E-state index contributed by atoms with van der Waals surface area (Å²) in [7, 11) is 0. The van der Waals surface area contributed by atoms with E-state index < -0.39 is 23.8 Å². The first-order valence-electron chi connectivity index (χ1n) is 15.6.